The van der Waals surface area contributed by atoms with Crippen molar-refractivity contribution in [3.05, 3.63) is 0 Å². The molecule has 0 aliphatic heterocycles. The Hall–Kier alpha value is -0.213. The predicted molar refractivity (Wildman–Crippen MR) is 99.3 cm³/mol. The number of rotatable bonds is 12. The second-order valence-corrected chi connectivity index (χ2v) is 10.0. The van der Waals surface area contributed by atoms with E-state index in [4.69, 9.17) is 13.3 Å². The second kappa shape index (κ2) is 11.4. The fourth-order valence-corrected chi connectivity index (χ4v) is 7.55. The van der Waals surface area contributed by atoms with Crippen LogP contribution >= 0.6 is 11.8 Å². The van der Waals surface area contributed by atoms with Crippen molar-refractivity contribution in [2.45, 2.75) is 64.7 Å². The van der Waals surface area contributed by atoms with Crippen molar-refractivity contribution in [2.75, 3.05) is 25.6 Å². The van der Waals surface area contributed by atoms with Crippen molar-refractivity contribution in [2.24, 2.45) is 5.92 Å². The Labute approximate surface area is 151 Å². The summed E-state index contributed by atoms with van der Waals surface area (Å²) in [5.74, 6) is 0.618. The molecular weight excluding hydrogens is 344 g/mol. The molecule has 1 aliphatic rings. The fourth-order valence-electron chi connectivity index (χ4n) is 3.20. The van der Waals surface area contributed by atoms with Crippen LogP contribution in [-0.4, -0.2) is 51.2 Å². The molecule has 0 aromatic rings. The van der Waals surface area contributed by atoms with Crippen LogP contribution in [0.5, 0.6) is 0 Å². The van der Waals surface area contributed by atoms with Crippen molar-refractivity contribution in [3.8, 4) is 0 Å². The van der Waals surface area contributed by atoms with E-state index < -0.39 is 14.7 Å². The first-order valence-electron chi connectivity index (χ1n) is 9.06. The topological polar surface area (TPSA) is 61.8 Å². The number of carbonyl (C=O) groups excluding carboxylic acids is 2. The maximum absolute atomic E-state index is 12.0. The van der Waals surface area contributed by atoms with Gasteiger partial charge in [-0.15, -0.1) is 0 Å². The monoisotopic (exact) mass is 376 g/mol. The third-order valence-electron chi connectivity index (χ3n) is 4.12. The molecule has 0 N–H and O–H groups in total. The number of Topliss-reactive ketones (excluding diaryl/α,β-unsaturated/α-hetero) is 2. The summed E-state index contributed by atoms with van der Waals surface area (Å²) in [6, 6.07) is 0.779. The van der Waals surface area contributed by atoms with E-state index in [0.717, 1.165) is 31.1 Å². The Bertz CT molecular complexity index is 387. The Balaban J connectivity index is 2.51. The van der Waals surface area contributed by atoms with Crippen molar-refractivity contribution < 1.29 is 22.9 Å². The van der Waals surface area contributed by atoms with Crippen molar-refractivity contribution >= 4 is 32.1 Å². The largest absolute Gasteiger partial charge is 0.500 e. The molecule has 0 amide bonds. The zero-order chi connectivity index (χ0) is 18.0. The number of hydrogen-bond acceptors (Lipinski definition) is 6. The molecule has 7 heteroatoms. The van der Waals surface area contributed by atoms with Gasteiger partial charge in [0, 0.05) is 37.5 Å². The normalized spacial score (nSPS) is 21.9. The summed E-state index contributed by atoms with van der Waals surface area (Å²) < 4.78 is 17.6. The number of ketones is 2. The van der Waals surface area contributed by atoms with E-state index in [0.29, 0.717) is 26.2 Å². The van der Waals surface area contributed by atoms with Gasteiger partial charge in [-0.1, -0.05) is 0 Å². The van der Waals surface area contributed by atoms with Crippen LogP contribution in [0.2, 0.25) is 6.04 Å². The highest BCUT2D eigenvalue weighted by atomic mass is 32.2. The first kappa shape index (κ1) is 21.8. The second-order valence-electron chi connectivity index (χ2n) is 5.94. The molecule has 5 nitrogen and oxygen atoms in total. The van der Waals surface area contributed by atoms with E-state index in [1.165, 1.54) is 0 Å². The van der Waals surface area contributed by atoms with E-state index in [2.05, 4.69) is 0 Å². The van der Waals surface area contributed by atoms with Gasteiger partial charge in [0.05, 0.1) is 5.92 Å². The third kappa shape index (κ3) is 6.59. The molecule has 0 spiro atoms. The van der Waals surface area contributed by atoms with Crippen molar-refractivity contribution in [1.82, 2.24) is 0 Å². The Morgan fingerprint density at radius 2 is 1.75 bits per heavy atom. The lowest BCUT2D eigenvalue weighted by atomic mass is 9.85. The molecule has 140 valence electrons. The summed E-state index contributed by atoms with van der Waals surface area (Å²) >= 11 is 1.75. The Kier molecular flexibility index (Phi) is 10.4. The molecule has 0 aromatic carbocycles. The highest BCUT2D eigenvalue weighted by Crippen LogP contribution is 2.33. The van der Waals surface area contributed by atoms with Crippen LogP contribution in [0.1, 0.15) is 53.4 Å². The van der Waals surface area contributed by atoms with Gasteiger partial charge in [0.2, 0.25) is 0 Å². The van der Waals surface area contributed by atoms with Gasteiger partial charge in [-0.3, -0.25) is 9.59 Å². The molecule has 1 saturated carbocycles. The van der Waals surface area contributed by atoms with Gasteiger partial charge >= 0.3 is 8.80 Å². The van der Waals surface area contributed by atoms with Crippen LogP contribution in [0.25, 0.3) is 0 Å². The summed E-state index contributed by atoms with van der Waals surface area (Å²) in [5.41, 5.74) is 0. The lowest BCUT2D eigenvalue weighted by Crippen LogP contribution is -2.46. The minimum Gasteiger partial charge on any atom is -0.374 e. The van der Waals surface area contributed by atoms with E-state index in [1.54, 1.807) is 18.7 Å². The summed E-state index contributed by atoms with van der Waals surface area (Å²) in [6.07, 6.45) is 3.31. The Morgan fingerprint density at radius 1 is 1.17 bits per heavy atom. The lowest BCUT2D eigenvalue weighted by molar-refractivity contribution is -0.132. The molecule has 0 saturated heterocycles. The maximum atomic E-state index is 12.0. The summed E-state index contributed by atoms with van der Waals surface area (Å²) in [5, 5.41) is 0.131. The fraction of sp³-hybridized carbons (Fsp3) is 0.882. The first-order chi connectivity index (χ1) is 11.5. The highest BCUT2D eigenvalue weighted by Gasteiger charge is 2.40. The molecule has 1 aliphatic carbocycles. The molecule has 0 bridgehead atoms. The average molecular weight is 377 g/mol. The predicted octanol–water partition coefficient (Wildman–Crippen LogP) is 3.48. The lowest BCUT2D eigenvalue weighted by Gasteiger charge is -2.30. The minimum atomic E-state index is -2.58. The van der Waals surface area contributed by atoms with Crippen molar-refractivity contribution in [3.63, 3.8) is 0 Å². The van der Waals surface area contributed by atoms with E-state index >= 15 is 0 Å². The zero-order valence-electron chi connectivity index (χ0n) is 15.5. The SMILES string of the molecule is CCO[Si](CCCSC1CCCC(=O)C1C(C)=O)(OCC)OCC. The molecule has 2 unspecified atom stereocenters. The molecule has 1 rings (SSSR count). The quantitative estimate of drug-likeness (QED) is 0.295. The zero-order valence-corrected chi connectivity index (χ0v) is 17.3. The van der Waals surface area contributed by atoms with Gasteiger partial charge in [-0.2, -0.15) is 11.8 Å². The molecule has 1 fully saturated rings. The van der Waals surface area contributed by atoms with Gasteiger partial charge in [0.25, 0.3) is 0 Å². The van der Waals surface area contributed by atoms with Crippen LogP contribution in [0.3, 0.4) is 0 Å². The molecule has 0 aromatic heterocycles. The molecular formula is C17H32O5SSi. The number of hydrogen-bond donors (Lipinski definition) is 0. The molecule has 0 radical (unpaired) electrons. The van der Waals surface area contributed by atoms with E-state index in [-0.39, 0.29) is 16.8 Å². The molecule has 24 heavy (non-hydrogen) atoms. The van der Waals surface area contributed by atoms with Crippen molar-refractivity contribution in [1.29, 1.82) is 0 Å². The van der Waals surface area contributed by atoms with Crippen LogP contribution in [0.4, 0.5) is 0 Å². The average Bonchev–Trinajstić information content (AvgIpc) is 2.52. The van der Waals surface area contributed by atoms with E-state index in [1.807, 2.05) is 20.8 Å². The minimum absolute atomic E-state index is 0.0128. The van der Waals surface area contributed by atoms with Crippen LogP contribution in [0, 0.1) is 5.92 Å². The summed E-state index contributed by atoms with van der Waals surface area (Å²) in [7, 11) is -2.58. The third-order valence-corrected chi connectivity index (χ3v) is 8.73. The highest BCUT2D eigenvalue weighted by molar-refractivity contribution is 7.99. The standard InChI is InChI=1S/C17H32O5SSi/c1-5-20-24(21-6-2,22-7-3)13-9-12-23-16-11-8-10-15(19)17(16)14(4)18/h16-17H,5-13H2,1-4H3. The molecule has 2 atom stereocenters. The number of thioether (sulfide) groups is 1. The summed E-state index contributed by atoms with van der Waals surface area (Å²) in [4.78, 5) is 23.8. The maximum Gasteiger partial charge on any atom is 0.500 e. The van der Waals surface area contributed by atoms with Gasteiger partial charge < -0.3 is 13.3 Å². The van der Waals surface area contributed by atoms with Gasteiger partial charge in [-0.05, 0) is 52.7 Å². The number of carbonyl (C=O) groups is 2. The Morgan fingerprint density at radius 3 is 2.25 bits per heavy atom. The van der Waals surface area contributed by atoms with Crippen LogP contribution in [0.15, 0.2) is 0 Å². The summed E-state index contributed by atoms with van der Waals surface area (Å²) in [6.45, 7) is 9.17. The van der Waals surface area contributed by atoms with Gasteiger partial charge in [0.15, 0.2) is 0 Å². The van der Waals surface area contributed by atoms with Crippen LogP contribution < -0.4 is 0 Å². The first-order valence-corrected chi connectivity index (χ1v) is 12.0. The van der Waals surface area contributed by atoms with Gasteiger partial charge in [0.1, 0.15) is 11.6 Å². The van der Waals surface area contributed by atoms with E-state index in [9.17, 15) is 9.59 Å². The van der Waals surface area contributed by atoms with Gasteiger partial charge in [-0.25, -0.2) is 0 Å². The van der Waals surface area contributed by atoms with Crippen LogP contribution in [-0.2, 0) is 22.9 Å². The smallest absolute Gasteiger partial charge is 0.374 e. The molecule has 0 heterocycles.